The molecule has 0 aromatic heterocycles. The molecule has 0 saturated carbocycles. The first kappa shape index (κ1) is 10.9. The molecule has 70 valence electrons. The summed E-state index contributed by atoms with van der Waals surface area (Å²) in [4.78, 5) is 0. The Morgan fingerprint density at radius 1 is 1.15 bits per heavy atom. The highest BCUT2D eigenvalue weighted by Gasteiger charge is 2.09. The van der Waals surface area contributed by atoms with Gasteiger partial charge >= 0.3 is 0 Å². The van der Waals surface area contributed by atoms with Crippen molar-refractivity contribution in [2.75, 3.05) is 0 Å². The Morgan fingerprint density at radius 2 is 1.69 bits per heavy atom. The topological polar surface area (TPSA) is 0 Å². The SMILES string of the molecule is C=CC(C)c1cc(Cl)c(Cl)cc1Cl. The second-order valence-corrected chi connectivity index (χ2v) is 4.03. The molecule has 0 aliphatic rings. The zero-order valence-corrected chi connectivity index (χ0v) is 9.42. The Morgan fingerprint density at radius 3 is 2.23 bits per heavy atom. The van der Waals surface area contributed by atoms with E-state index in [2.05, 4.69) is 6.58 Å². The molecule has 0 aliphatic carbocycles. The van der Waals surface area contributed by atoms with Crippen LogP contribution in [0.4, 0.5) is 0 Å². The van der Waals surface area contributed by atoms with E-state index in [1.807, 2.05) is 13.0 Å². The van der Waals surface area contributed by atoms with Crippen molar-refractivity contribution in [1.82, 2.24) is 0 Å². The number of hydrogen-bond acceptors (Lipinski definition) is 0. The largest absolute Gasteiger partial charge is 0.102 e. The van der Waals surface area contributed by atoms with E-state index in [1.165, 1.54) is 0 Å². The van der Waals surface area contributed by atoms with Gasteiger partial charge in [-0.15, -0.1) is 6.58 Å². The van der Waals surface area contributed by atoms with Crippen molar-refractivity contribution in [3.8, 4) is 0 Å². The first-order chi connectivity index (χ1) is 6.06. The van der Waals surface area contributed by atoms with Gasteiger partial charge < -0.3 is 0 Å². The lowest BCUT2D eigenvalue weighted by atomic mass is 10.0. The lowest BCUT2D eigenvalue weighted by Gasteiger charge is -2.09. The summed E-state index contributed by atoms with van der Waals surface area (Å²) in [6.07, 6.45) is 1.81. The molecular weight excluding hydrogens is 226 g/mol. The molecule has 1 rings (SSSR count). The van der Waals surface area contributed by atoms with Gasteiger partial charge in [0.25, 0.3) is 0 Å². The van der Waals surface area contributed by atoms with Crippen LogP contribution in [0, 0.1) is 0 Å². The monoisotopic (exact) mass is 234 g/mol. The third-order valence-corrected chi connectivity index (χ3v) is 2.93. The van der Waals surface area contributed by atoms with Crippen LogP contribution in [0.3, 0.4) is 0 Å². The fraction of sp³-hybridized carbons (Fsp3) is 0.200. The Bertz CT molecular complexity index is 331. The van der Waals surface area contributed by atoms with Gasteiger partial charge in [-0.1, -0.05) is 47.8 Å². The molecule has 13 heavy (non-hydrogen) atoms. The highest BCUT2D eigenvalue weighted by atomic mass is 35.5. The Balaban J connectivity index is 3.22. The van der Waals surface area contributed by atoms with Crippen LogP contribution in [-0.2, 0) is 0 Å². The minimum atomic E-state index is 0.183. The molecule has 1 aromatic rings. The molecule has 0 fully saturated rings. The third kappa shape index (κ3) is 2.40. The Labute approximate surface area is 93.1 Å². The van der Waals surface area contributed by atoms with Crippen molar-refractivity contribution in [2.45, 2.75) is 12.8 Å². The van der Waals surface area contributed by atoms with E-state index in [0.29, 0.717) is 15.1 Å². The molecule has 0 saturated heterocycles. The highest BCUT2D eigenvalue weighted by Crippen LogP contribution is 2.33. The van der Waals surface area contributed by atoms with Crippen molar-refractivity contribution in [1.29, 1.82) is 0 Å². The van der Waals surface area contributed by atoms with Crippen molar-refractivity contribution in [2.24, 2.45) is 0 Å². The highest BCUT2D eigenvalue weighted by molar-refractivity contribution is 6.43. The van der Waals surface area contributed by atoms with Gasteiger partial charge in [-0.2, -0.15) is 0 Å². The average molecular weight is 236 g/mol. The van der Waals surface area contributed by atoms with Crippen LogP contribution in [-0.4, -0.2) is 0 Å². The number of benzene rings is 1. The number of rotatable bonds is 2. The maximum atomic E-state index is 5.98. The summed E-state index contributed by atoms with van der Waals surface area (Å²) in [5.41, 5.74) is 0.950. The average Bonchev–Trinajstić information content (AvgIpc) is 2.10. The molecule has 0 N–H and O–H groups in total. The lowest BCUT2D eigenvalue weighted by molar-refractivity contribution is 0.972. The van der Waals surface area contributed by atoms with Gasteiger partial charge in [0.1, 0.15) is 0 Å². The fourth-order valence-electron chi connectivity index (χ4n) is 1.01. The molecule has 1 aromatic carbocycles. The van der Waals surface area contributed by atoms with Crippen LogP contribution in [0.25, 0.3) is 0 Å². The van der Waals surface area contributed by atoms with Crippen molar-refractivity contribution < 1.29 is 0 Å². The summed E-state index contributed by atoms with van der Waals surface area (Å²) < 4.78 is 0. The van der Waals surface area contributed by atoms with Crippen molar-refractivity contribution >= 4 is 34.8 Å². The second kappa shape index (κ2) is 4.36. The summed E-state index contributed by atoms with van der Waals surface area (Å²) in [5.74, 6) is 0.183. The summed E-state index contributed by atoms with van der Waals surface area (Å²) in [7, 11) is 0. The third-order valence-electron chi connectivity index (χ3n) is 1.88. The van der Waals surface area contributed by atoms with Gasteiger partial charge in [0, 0.05) is 10.9 Å². The lowest BCUT2D eigenvalue weighted by Crippen LogP contribution is -1.90. The molecule has 0 spiro atoms. The van der Waals surface area contributed by atoms with E-state index in [-0.39, 0.29) is 5.92 Å². The van der Waals surface area contributed by atoms with E-state index in [1.54, 1.807) is 12.1 Å². The summed E-state index contributed by atoms with van der Waals surface area (Å²) in [6.45, 7) is 5.69. The van der Waals surface area contributed by atoms with Crippen molar-refractivity contribution in [3.63, 3.8) is 0 Å². The standard InChI is InChI=1S/C10H9Cl3/c1-3-6(2)7-4-9(12)10(13)5-8(7)11/h3-6H,1H2,2H3. The minimum Gasteiger partial charge on any atom is -0.102 e. The van der Waals surface area contributed by atoms with Gasteiger partial charge in [-0.05, 0) is 17.7 Å². The summed E-state index contributed by atoms with van der Waals surface area (Å²) in [6, 6.07) is 3.43. The van der Waals surface area contributed by atoms with Crippen LogP contribution in [0.1, 0.15) is 18.4 Å². The van der Waals surface area contributed by atoms with Crippen LogP contribution in [0.5, 0.6) is 0 Å². The molecule has 0 heterocycles. The molecule has 1 atom stereocenters. The maximum absolute atomic E-state index is 5.98. The maximum Gasteiger partial charge on any atom is 0.0607 e. The number of allylic oxidation sites excluding steroid dienone is 1. The van der Waals surface area contributed by atoms with Gasteiger partial charge in [0.15, 0.2) is 0 Å². The van der Waals surface area contributed by atoms with Gasteiger partial charge in [-0.3, -0.25) is 0 Å². The van der Waals surface area contributed by atoms with Crippen LogP contribution >= 0.6 is 34.8 Å². The van der Waals surface area contributed by atoms with Crippen molar-refractivity contribution in [3.05, 3.63) is 45.4 Å². The smallest absolute Gasteiger partial charge is 0.0607 e. The summed E-state index contributed by atoms with van der Waals surface area (Å²) in [5, 5.41) is 1.63. The number of hydrogen-bond donors (Lipinski definition) is 0. The second-order valence-electron chi connectivity index (χ2n) is 2.81. The minimum absolute atomic E-state index is 0.183. The van der Waals surface area contributed by atoms with E-state index in [9.17, 15) is 0 Å². The number of halogens is 3. The molecule has 1 unspecified atom stereocenters. The fourth-order valence-corrected chi connectivity index (χ4v) is 1.74. The Kier molecular flexibility index (Phi) is 3.66. The quantitative estimate of drug-likeness (QED) is 0.503. The molecule has 0 amide bonds. The summed E-state index contributed by atoms with van der Waals surface area (Å²) >= 11 is 17.6. The van der Waals surface area contributed by atoms with E-state index < -0.39 is 0 Å². The van der Waals surface area contributed by atoms with Gasteiger partial charge in [0.2, 0.25) is 0 Å². The molecule has 0 bridgehead atoms. The van der Waals surface area contributed by atoms with Gasteiger partial charge in [0.05, 0.1) is 10.0 Å². The Hall–Kier alpha value is -0.170. The van der Waals surface area contributed by atoms with E-state index >= 15 is 0 Å². The molecular formula is C10H9Cl3. The van der Waals surface area contributed by atoms with Crippen LogP contribution < -0.4 is 0 Å². The van der Waals surface area contributed by atoms with Crippen LogP contribution in [0.15, 0.2) is 24.8 Å². The van der Waals surface area contributed by atoms with Crippen LogP contribution in [0.2, 0.25) is 15.1 Å². The predicted molar refractivity (Wildman–Crippen MR) is 60.1 cm³/mol. The molecule has 0 radical (unpaired) electrons. The molecule has 0 aliphatic heterocycles. The molecule has 0 nitrogen and oxygen atoms in total. The normalized spacial score (nSPS) is 12.6. The zero-order valence-electron chi connectivity index (χ0n) is 7.15. The zero-order chi connectivity index (χ0) is 10.0. The predicted octanol–water partition coefficient (Wildman–Crippen LogP) is 4.94. The van der Waals surface area contributed by atoms with E-state index in [4.69, 9.17) is 34.8 Å². The first-order valence-corrected chi connectivity index (χ1v) is 4.96. The van der Waals surface area contributed by atoms with E-state index in [0.717, 1.165) is 5.56 Å². The van der Waals surface area contributed by atoms with Gasteiger partial charge in [-0.25, -0.2) is 0 Å². The first-order valence-electron chi connectivity index (χ1n) is 3.83. The molecule has 3 heteroatoms.